The lowest BCUT2D eigenvalue weighted by Gasteiger charge is -2.27. The number of ether oxygens (including phenoxy) is 1. The molecule has 1 N–H and O–H groups in total. The molecule has 0 fully saturated rings. The first kappa shape index (κ1) is 13.1. The summed E-state index contributed by atoms with van der Waals surface area (Å²) < 4.78 is 5.45. The van der Waals surface area contributed by atoms with Gasteiger partial charge in [0.25, 0.3) is 0 Å². The number of unbranched alkanes of at least 4 members (excludes halogenated alkanes) is 1. The van der Waals surface area contributed by atoms with E-state index in [0.29, 0.717) is 5.57 Å². The average molecular weight is 224 g/mol. The normalized spacial score (nSPS) is 25.8. The van der Waals surface area contributed by atoms with E-state index in [4.69, 9.17) is 9.84 Å². The van der Waals surface area contributed by atoms with E-state index in [1.807, 2.05) is 13.8 Å². The van der Waals surface area contributed by atoms with Crippen molar-refractivity contribution in [2.24, 2.45) is 0 Å². The van der Waals surface area contributed by atoms with Crippen molar-refractivity contribution in [1.82, 2.24) is 0 Å². The van der Waals surface area contributed by atoms with Crippen molar-refractivity contribution >= 4 is 5.78 Å². The monoisotopic (exact) mass is 224 g/mol. The number of hydrogen-bond donors (Lipinski definition) is 1. The van der Waals surface area contributed by atoms with Gasteiger partial charge in [-0.05, 0) is 44.3 Å². The molecule has 0 heterocycles. The second kappa shape index (κ2) is 4.93. The molecule has 0 saturated carbocycles. The molecule has 16 heavy (non-hydrogen) atoms. The summed E-state index contributed by atoms with van der Waals surface area (Å²) >= 11 is 0. The number of aliphatic hydroxyl groups is 1. The molecule has 1 atom stereocenters. The number of aliphatic hydroxyl groups excluding tert-OH is 1. The molecule has 0 aromatic heterocycles. The Balaban J connectivity index is 2.92. The summed E-state index contributed by atoms with van der Waals surface area (Å²) in [5.41, 5.74) is 1.65. The summed E-state index contributed by atoms with van der Waals surface area (Å²) in [6.45, 7) is 7.72. The van der Waals surface area contributed by atoms with Crippen molar-refractivity contribution < 1.29 is 14.6 Å². The van der Waals surface area contributed by atoms with Crippen molar-refractivity contribution in [3.63, 3.8) is 0 Å². The number of Topliss-reactive ketones (excluding diaryl/α,β-unsaturated/α-hetero) is 1. The van der Waals surface area contributed by atoms with Crippen LogP contribution in [0, 0.1) is 0 Å². The van der Waals surface area contributed by atoms with Crippen LogP contribution in [0.1, 0.15) is 33.1 Å². The second-order valence-electron chi connectivity index (χ2n) is 4.33. The topological polar surface area (TPSA) is 46.5 Å². The predicted molar refractivity (Wildman–Crippen MR) is 63.2 cm³/mol. The molecule has 3 heteroatoms. The van der Waals surface area contributed by atoms with E-state index in [1.165, 1.54) is 0 Å². The highest BCUT2D eigenvalue weighted by molar-refractivity contribution is 6.13. The van der Waals surface area contributed by atoms with Gasteiger partial charge in [-0.1, -0.05) is 6.58 Å². The minimum absolute atomic E-state index is 0.00310. The molecule has 90 valence electrons. The fourth-order valence-corrected chi connectivity index (χ4v) is 2.21. The lowest BCUT2D eigenvalue weighted by atomic mass is 9.90. The van der Waals surface area contributed by atoms with Gasteiger partial charge in [0.05, 0.1) is 0 Å². The molecule has 1 unspecified atom stereocenters. The minimum atomic E-state index is -0.642. The molecular formula is C13H20O3. The molecule has 0 spiro atoms. The smallest absolute Gasteiger partial charge is 0.187 e. The van der Waals surface area contributed by atoms with Gasteiger partial charge in [0.15, 0.2) is 5.78 Å². The second-order valence-corrected chi connectivity index (χ2v) is 4.33. The van der Waals surface area contributed by atoms with Gasteiger partial charge < -0.3 is 9.84 Å². The SMILES string of the molecule is C=C1C(=O)C(C)=C(CCCCO)C1(C)OC. The Morgan fingerprint density at radius 3 is 2.56 bits per heavy atom. The van der Waals surface area contributed by atoms with Crippen molar-refractivity contribution in [1.29, 1.82) is 0 Å². The number of methoxy groups -OCH3 is 1. The van der Waals surface area contributed by atoms with Gasteiger partial charge in [-0.15, -0.1) is 0 Å². The fourth-order valence-electron chi connectivity index (χ4n) is 2.21. The molecule has 0 aliphatic heterocycles. The van der Waals surface area contributed by atoms with E-state index < -0.39 is 5.60 Å². The first-order valence-electron chi connectivity index (χ1n) is 5.59. The van der Waals surface area contributed by atoms with Crippen molar-refractivity contribution in [3.05, 3.63) is 23.3 Å². The van der Waals surface area contributed by atoms with Crippen molar-refractivity contribution in [3.8, 4) is 0 Å². The van der Waals surface area contributed by atoms with Gasteiger partial charge in [-0.2, -0.15) is 0 Å². The molecule has 0 amide bonds. The average Bonchev–Trinajstić information content (AvgIpc) is 2.45. The van der Waals surface area contributed by atoms with Crippen LogP contribution in [0.4, 0.5) is 0 Å². The molecule has 0 aromatic rings. The highest BCUT2D eigenvalue weighted by Crippen LogP contribution is 2.41. The van der Waals surface area contributed by atoms with Gasteiger partial charge in [-0.3, -0.25) is 4.79 Å². The molecule has 1 aliphatic carbocycles. The molecule has 3 nitrogen and oxygen atoms in total. The zero-order valence-corrected chi connectivity index (χ0v) is 10.3. The lowest BCUT2D eigenvalue weighted by Crippen LogP contribution is -2.30. The van der Waals surface area contributed by atoms with Crippen LogP contribution in [0.2, 0.25) is 0 Å². The zero-order chi connectivity index (χ0) is 12.3. The van der Waals surface area contributed by atoms with E-state index >= 15 is 0 Å². The fraction of sp³-hybridized carbons (Fsp3) is 0.615. The summed E-state index contributed by atoms with van der Waals surface area (Å²) in [5, 5.41) is 8.77. The van der Waals surface area contributed by atoms with Crippen LogP contribution in [-0.2, 0) is 9.53 Å². The van der Waals surface area contributed by atoms with Gasteiger partial charge in [0.2, 0.25) is 0 Å². The molecule has 1 aliphatic rings. The number of rotatable bonds is 5. The number of ketones is 1. The first-order chi connectivity index (χ1) is 7.49. The molecule has 0 radical (unpaired) electrons. The van der Waals surface area contributed by atoms with Gasteiger partial charge in [-0.25, -0.2) is 0 Å². The van der Waals surface area contributed by atoms with Crippen LogP contribution in [0.15, 0.2) is 23.3 Å². The predicted octanol–water partition coefficient (Wildman–Crippen LogP) is 2.01. The molecule has 0 aromatic carbocycles. The maximum Gasteiger partial charge on any atom is 0.187 e. The Kier molecular flexibility index (Phi) is 4.05. The van der Waals surface area contributed by atoms with Crippen LogP contribution in [0.5, 0.6) is 0 Å². The third-order valence-corrected chi connectivity index (χ3v) is 3.46. The zero-order valence-electron chi connectivity index (χ0n) is 10.3. The highest BCUT2D eigenvalue weighted by atomic mass is 16.5. The van der Waals surface area contributed by atoms with Crippen LogP contribution >= 0.6 is 0 Å². The Morgan fingerprint density at radius 2 is 2.06 bits per heavy atom. The maximum absolute atomic E-state index is 11.8. The first-order valence-corrected chi connectivity index (χ1v) is 5.59. The Hall–Kier alpha value is -0.930. The van der Waals surface area contributed by atoms with Gasteiger partial charge in [0.1, 0.15) is 5.60 Å². The lowest BCUT2D eigenvalue weighted by molar-refractivity contribution is -0.112. The van der Waals surface area contributed by atoms with E-state index in [2.05, 4.69) is 6.58 Å². The Morgan fingerprint density at radius 1 is 1.44 bits per heavy atom. The third kappa shape index (κ3) is 1.97. The molecule has 0 bridgehead atoms. The number of hydrogen-bond acceptors (Lipinski definition) is 3. The van der Waals surface area contributed by atoms with Crippen LogP contribution < -0.4 is 0 Å². The number of carbonyl (C=O) groups excluding carboxylic acids is 1. The maximum atomic E-state index is 11.8. The third-order valence-electron chi connectivity index (χ3n) is 3.46. The van der Waals surface area contributed by atoms with E-state index in [1.54, 1.807) is 7.11 Å². The van der Waals surface area contributed by atoms with Gasteiger partial charge >= 0.3 is 0 Å². The van der Waals surface area contributed by atoms with E-state index in [9.17, 15) is 4.79 Å². The Labute approximate surface area is 96.8 Å². The Bertz CT molecular complexity index is 341. The summed E-state index contributed by atoms with van der Waals surface area (Å²) in [5.74, 6) is 0.00310. The standard InChI is InChI=1S/C13H20O3/c1-9-11(7-5-6-8-14)13(3,16-4)10(2)12(9)15/h14H,2,5-8H2,1,3-4H3. The van der Waals surface area contributed by atoms with E-state index in [0.717, 1.165) is 30.4 Å². The van der Waals surface area contributed by atoms with Crippen LogP contribution in [0.3, 0.4) is 0 Å². The highest BCUT2D eigenvalue weighted by Gasteiger charge is 2.43. The van der Waals surface area contributed by atoms with E-state index in [-0.39, 0.29) is 12.4 Å². The quantitative estimate of drug-likeness (QED) is 0.574. The van der Waals surface area contributed by atoms with Crippen LogP contribution in [-0.4, -0.2) is 30.2 Å². The largest absolute Gasteiger partial charge is 0.396 e. The summed E-state index contributed by atoms with van der Waals surface area (Å²) in [6, 6.07) is 0. The molecule has 0 saturated heterocycles. The van der Waals surface area contributed by atoms with Gasteiger partial charge in [0, 0.05) is 19.3 Å². The molecular weight excluding hydrogens is 204 g/mol. The van der Waals surface area contributed by atoms with Crippen LogP contribution in [0.25, 0.3) is 0 Å². The number of carbonyl (C=O) groups is 1. The molecule has 1 rings (SSSR count). The summed E-state index contributed by atoms with van der Waals surface area (Å²) in [7, 11) is 1.60. The van der Waals surface area contributed by atoms with Crippen molar-refractivity contribution in [2.75, 3.05) is 13.7 Å². The minimum Gasteiger partial charge on any atom is -0.396 e. The number of allylic oxidation sites excluding steroid dienone is 1. The van der Waals surface area contributed by atoms with Crippen molar-refractivity contribution in [2.45, 2.75) is 38.7 Å². The summed E-state index contributed by atoms with van der Waals surface area (Å²) in [6.07, 6.45) is 2.39. The summed E-state index contributed by atoms with van der Waals surface area (Å²) in [4.78, 5) is 11.8.